The Morgan fingerprint density at radius 3 is 2.45 bits per heavy atom. The standard InChI is InChI=1S/C23H31N3O5/c1-28-20-13-9-8-12-19(20)26(31-4)15-14-25(17-23(26)30-3)22(29-2)16-21(27)24-18-10-6-5-7-11-18/h5-13,22-23H,14-17H2,1-4H3/p+1. The number of carbonyl (C=O) groups excluding carboxylic acids is 1. The number of para-hydroxylation sites is 3. The number of amides is 1. The van der Waals surface area contributed by atoms with E-state index in [0.717, 1.165) is 17.1 Å². The summed E-state index contributed by atoms with van der Waals surface area (Å²) in [5.74, 6) is 0.639. The average Bonchev–Trinajstić information content (AvgIpc) is 2.82. The van der Waals surface area contributed by atoms with Gasteiger partial charge in [0, 0.05) is 26.0 Å². The molecular formula is C23H32N3O5+. The second-order valence-electron chi connectivity index (χ2n) is 7.37. The third kappa shape index (κ3) is 5.06. The summed E-state index contributed by atoms with van der Waals surface area (Å²) in [6.07, 6.45) is -0.494. The van der Waals surface area contributed by atoms with Gasteiger partial charge >= 0.3 is 0 Å². The Balaban J connectivity index is 1.74. The lowest BCUT2D eigenvalue weighted by atomic mass is 10.1. The van der Waals surface area contributed by atoms with Crippen LogP contribution in [0.2, 0.25) is 0 Å². The minimum absolute atomic E-state index is 0.102. The van der Waals surface area contributed by atoms with E-state index in [2.05, 4.69) is 10.2 Å². The molecule has 168 valence electrons. The molecule has 1 aliphatic heterocycles. The Morgan fingerprint density at radius 1 is 1.10 bits per heavy atom. The molecule has 0 spiro atoms. The predicted octanol–water partition coefficient (Wildman–Crippen LogP) is 2.85. The molecule has 3 rings (SSSR count). The van der Waals surface area contributed by atoms with Crippen LogP contribution in [0.25, 0.3) is 0 Å². The highest BCUT2D eigenvalue weighted by Crippen LogP contribution is 2.38. The lowest BCUT2D eigenvalue weighted by Crippen LogP contribution is -2.68. The van der Waals surface area contributed by atoms with Crippen molar-refractivity contribution in [3.63, 3.8) is 0 Å². The molecule has 1 fully saturated rings. The van der Waals surface area contributed by atoms with E-state index in [0.29, 0.717) is 19.6 Å². The number of hydroxylamine groups is 2. The molecule has 1 amide bonds. The summed E-state index contributed by atoms with van der Waals surface area (Å²) < 4.78 is 17.3. The summed E-state index contributed by atoms with van der Waals surface area (Å²) in [6.45, 7) is 1.79. The maximum Gasteiger partial charge on any atom is 0.241 e. The van der Waals surface area contributed by atoms with E-state index < -0.39 is 0 Å². The van der Waals surface area contributed by atoms with Gasteiger partial charge in [-0.1, -0.05) is 30.3 Å². The van der Waals surface area contributed by atoms with Crippen LogP contribution in [0.15, 0.2) is 54.6 Å². The van der Waals surface area contributed by atoms with Gasteiger partial charge in [-0.25, -0.2) is 0 Å². The fourth-order valence-electron chi connectivity index (χ4n) is 4.13. The summed E-state index contributed by atoms with van der Waals surface area (Å²) in [6, 6.07) is 17.2. The highest BCUT2D eigenvalue weighted by atomic mass is 16.7. The lowest BCUT2D eigenvalue weighted by Gasteiger charge is -2.47. The smallest absolute Gasteiger partial charge is 0.241 e. The summed E-state index contributed by atoms with van der Waals surface area (Å²) in [5, 5.41) is 2.92. The fraction of sp³-hybridized carbons (Fsp3) is 0.435. The second-order valence-corrected chi connectivity index (χ2v) is 7.37. The van der Waals surface area contributed by atoms with E-state index in [1.165, 1.54) is 0 Å². The Hall–Kier alpha value is -2.49. The average molecular weight is 431 g/mol. The van der Waals surface area contributed by atoms with Gasteiger partial charge in [0.15, 0.2) is 5.75 Å². The van der Waals surface area contributed by atoms with Crippen molar-refractivity contribution >= 4 is 17.3 Å². The van der Waals surface area contributed by atoms with Crippen molar-refractivity contribution in [3.05, 3.63) is 54.6 Å². The SMILES string of the molecule is COc1ccccc1[N+]1(OC)CCN(C(CC(=O)Nc2ccccc2)OC)CC1OC. The first-order valence-corrected chi connectivity index (χ1v) is 10.3. The Bertz CT molecular complexity index is 850. The van der Waals surface area contributed by atoms with Crippen molar-refractivity contribution in [3.8, 4) is 5.75 Å². The van der Waals surface area contributed by atoms with Crippen LogP contribution in [0.3, 0.4) is 0 Å². The largest absolute Gasteiger partial charge is 0.491 e. The number of nitrogens with one attached hydrogen (secondary N) is 1. The predicted molar refractivity (Wildman–Crippen MR) is 120 cm³/mol. The molecule has 1 saturated heterocycles. The van der Waals surface area contributed by atoms with Crippen molar-refractivity contribution in [2.75, 3.05) is 53.4 Å². The van der Waals surface area contributed by atoms with Crippen molar-refractivity contribution < 1.29 is 23.8 Å². The number of hydrogen-bond donors (Lipinski definition) is 1. The molecule has 0 saturated carbocycles. The van der Waals surface area contributed by atoms with Crippen LogP contribution >= 0.6 is 0 Å². The highest BCUT2D eigenvalue weighted by Gasteiger charge is 2.49. The number of ether oxygens (including phenoxy) is 3. The maximum atomic E-state index is 12.6. The topological polar surface area (TPSA) is 69.3 Å². The molecule has 0 bridgehead atoms. The summed E-state index contributed by atoms with van der Waals surface area (Å²) in [4.78, 5) is 20.7. The van der Waals surface area contributed by atoms with E-state index in [4.69, 9.17) is 19.0 Å². The van der Waals surface area contributed by atoms with Crippen molar-refractivity contribution in [2.24, 2.45) is 0 Å². The van der Waals surface area contributed by atoms with Crippen LogP contribution in [0.4, 0.5) is 11.4 Å². The van der Waals surface area contributed by atoms with Crippen molar-refractivity contribution in [2.45, 2.75) is 18.9 Å². The van der Waals surface area contributed by atoms with Gasteiger partial charge in [0.25, 0.3) is 0 Å². The number of carbonyl (C=O) groups is 1. The number of methoxy groups -OCH3 is 3. The van der Waals surface area contributed by atoms with Crippen molar-refractivity contribution in [1.82, 2.24) is 9.55 Å². The lowest BCUT2D eigenvalue weighted by molar-refractivity contribution is -0.251. The van der Waals surface area contributed by atoms with Gasteiger partial charge in [-0.05, 0) is 18.2 Å². The molecule has 1 N–H and O–H groups in total. The van der Waals surface area contributed by atoms with Crippen LogP contribution in [0.5, 0.6) is 5.75 Å². The Morgan fingerprint density at radius 2 is 1.81 bits per heavy atom. The van der Waals surface area contributed by atoms with Gasteiger partial charge in [0.05, 0.1) is 33.7 Å². The molecule has 0 radical (unpaired) electrons. The van der Waals surface area contributed by atoms with Gasteiger partial charge in [-0.3, -0.25) is 9.69 Å². The molecule has 1 aliphatic rings. The monoisotopic (exact) mass is 430 g/mol. The van der Waals surface area contributed by atoms with Gasteiger partial charge in [-0.2, -0.15) is 4.84 Å². The summed E-state index contributed by atoms with van der Waals surface area (Å²) in [5.41, 5.74) is 1.66. The molecule has 31 heavy (non-hydrogen) atoms. The van der Waals surface area contributed by atoms with E-state index in [9.17, 15) is 4.79 Å². The third-order valence-electron chi connectivity index (χ3n) is 5.76. The zero-order valence-electron chi connectivity index (χ0n) is 18.6. The molecule has 2 aromatic carbocycles. The zero-order chi connectivity index (χ0) is 22.3. The minimum atomic E-state index is -0.377. The first-order valence-electron chi connectivity index (χ1n) is 10.3. The number of nitrogens with zero attached hydrogens (tertiary/aromatic N) is 2. The van der Waals surface area contributed by atoms with E-state index in [1.807, 2.05) is 54.6 Å². The molecule has 1 heterocycles. The maximum absolute atomic E-state index is 12.6. The number of hydrogen-bond acceptors (Lipinski definition) is 6. The van der Waals surface area contributed by atoms with Crippen molar-refractivity contribution in [1.29, 1.82) is 0 Å². The second kappa shape index (κ2) is 10.7. The van der Waals surface area contributed by atoms with Gasteiger partial charge in [0.1, 0.15) is 12.8 Å². The summed E-state index contributed by atoms with van der Waals surface area (Å²) in [7, 11) is 6.61. The Kier molecular flexibility index (Phi) is 8.00. The molecule has 3 atom stereocenters. The third-order valence-corrected chi connectivity index (χ3v) is 5.76. The molecule has 8 heteroatoms. The van der Waals surface area contributed by atoms with E-state index in [1.54, 1.807) is 28.4 Å². The molecular weight excluding hydrogens is 398 g/mol. The normalized spacial score (nSPS) is 22.6. The van der Waals surface area contributed by atoms with Crippen LogP contribution in [0, 0.1) is 0 Å². The quantitative estimate of drug-likeness (QED) is 0.617. The van der Waals surface area contributed by atoms with Crippen LogP contribution in [-0.4, -0.2) is 71.3 Å². The number of benzene rings is 2. The Labute approximate surface area is 183 Å². The van der Waals surface area contributed by atoms with Crippen LogP contribution < -0.4 is 14.7 Å². The van der Waals surface area contributed by atoms with Crippen LogP contribution in [-0.2, 0) is 19.1 Å². The first-order chi connectivity index (χ1) is 15.1. The number of rotatable bonds is 9. The van der Waals surface area contributed by atoms with Gasteiger partial charge in [0.2, 0.25) is 17.8 Å². The van der Waals surface area contributed by atoms with Gasteiger partial charge < -0.3 is 19.5 Å². The first kappa shape index (κ1) is 23.2. The summed E-state index contributed by atoms with van der Waals surface area (Å²) >= 11 is 0. The molecule has 8 nitrogen and oxygen atoms in total. The van der Waals surface area contributed by atoms with Crippen LogP contribution in [0.1, 0.15) is 6.42 Å². The molecule has 3 unspecified atom stereocenters. The van der Waals surface area contributed by atoms with E-state index in [-0.39, 0.29) is 29.4 Å². The number of quaternary nitrogens is 1. The number of piperazine rings is 1. The molecule has 2 aromatic rings. The zero-order valence-corrected chi connectivity index (χ0v) is 18.6. The fourth-order valence-corrected chi connectivity index (χ4v) is 4.13. The molecule has 0 aromatic heterocycles. The molecule has 0 aliphatic carbocycles. The number of anilines is 1. The minimum Gasteiger partial charge on any atom is -0.491 e. The highest BCUT2D eigenvalue weighted by molar-refractivity contribution is 5.90. The van der Waals surface area contributed by atoms with E-state index >= 15 is 0 Å². The van der Waals surface area contributed by atoms with Gasteiger partial charge in [-0.15, -0.1) is 4.65 Å².